The van der Waals surface area contributed by atoms with E-state index in [-0.39, 0.29) is 6.61 Å². The topological polar surface area (TPSA) is 62.8 Å². The van der Waals surface area contributed by atoms with E-state index in [1.807, 2.05) is 12.1 Å². The van der Waals surface area contributed by atoms with Gasteiger partial charge in [-0.05, 0) is 33.6 Å². The summed E-state index contributed by atoms with van der Waals surface area (Å²) in [5, 5.41) is 15.0. The molecule has 0 atom stereocenters. The van der Waals surface area contributed by atoms with Crippen LogP contribution in [0.25, 0.3) is 0 Å². The first-order valence-corrected chi connectivity index (χ1v) is 6.95. The van der Waals surface area contributed by atoms with Crippen LogP contribution in [0.4, 0.5) is 0 Å². The minimum absolute atomic E-state index is 0.169. The molecule has 19 heavy (non-hydrogen) atoms. The second-order valence-corrected chi connectivity index (χ2v) is 4.82. The van der Waals surface area contributed by atoms with Crippen LogP contribution >= 0.6 is 15.9 Å². The smallest absolute Gasteiger partial charge is 0.174 e. The zero-order chi connectivity index (χ0) is 14.1. The molecule has 0 saturated carbocycles. The van der Waals surface area contributed by atoms with Crippen LogP contribution in [0.3, 0.4) is 0 Å². The Kier molecular flexibility index (Phi) is 7.81. The molecule has 0 spiro atoms. The van der Waals surface area contributed by atoms with Gasteiger partial charge in [-0.3, -0.25) is 0 Å². The highest BCUT2D eigenvalue weighted by atomic mass is 79.9. The number of ether oxygens (including phenoxy) is 2. The maximum Gasteiger partial charge on any atom is 0.174 e. The molecular formula is C13H21BrN2O3. The predicted molar refractivity (Wildman–Crippen MR) is 78.9 cm³/mol. The van der Waals surface area contributed by atoms with Crippen molar-refractivity contribution in [3.05, 3.63) is 22.2 Å². The summed E-state index contributed by atoms with van der Waals surface area (Å²) in [7, 11) is 3.24. The number of nitrogens with one attached hydrogen (secondary N) is 2. The lowest BCUT2D eigenvalue weighted by molar-refractivity contribution is 0.292. The molecule has 0 radical (unpaired) electrons. The van der Waals surface area contributed by atoms with Gasteiger partial charge in [0, 0.05) is 26.2 Å². The molecule has 0 aliphatic heterocycles. The van der Waals surface area contributed by atoms with Gasteiger partial charge in [-0.2, -0.15) is 0 Å². The van der Waals surface area contributed by atoms with Crippen molar-refractivity contribution in [2.45, 2.75) is 6.54 Å². The number of aliphatic hydroxyl groups is 1. The van der Waals surface area contributed by atoms with Crippen LogP contribution in [0.15, 0.2) is 16.6 Å². The van der Waals surface area contributed by atoms with Gasteiger partial charge in [0.2, 0.25) is 0 Å². The molecule has 0 amide bonds. The molecule has 0 bridgehead atoms. The molecular weight excluding hydrogens is 312 g/mol. The molecule has 6 heteroatoms. The average molecular weight is 333 g/mol. The van der Waals surface area contributed by atoms with Crippen molar-refractivity contribution < 1.29 is 14.6 Å². The first-order chi connectivity index (χ1) is 9.22. The number of rotatable bonds is 9. The lowest BCUT2D eigenvalue weighted by Gasteiger charge is -2.12. The van der Waals surface area contributed by atoms with E-state index < -0.39 is 0 Å². The Morgan fingerprint density at radius 2 is 1.84 bits per heavy atom. The molecule has 0 aliphatic carbocycles. The average Bonchev–Trinajstić information content (AvgIpc) is 2.42. The van der Waals surface area contributed by atoms with Crippen LogP contribution in [-0.4, -0.2) is 45.6 Å². The third-order valence-corrected chi connectivity index (χ3v) is 3.18. The Labute approximate surface area is 122 Å². The Morgan fingerprint density at radius 3 is 2.47 bits per heavy atom. The normalized spacial score (nSPS) is 10.5. The van der Waals surface area contributed by atoms with Crippen molar-refractivity contribution in [2.75, 3.05) is 40.5 Å². The van der Waals surface area contributed by atoms with Crippen molar-refractivity contribution in [1.82, 2.24) is 10.6 Å². The summed E-state index contributed by atoms with van der Waals surface area (Å²) in [4.78, 5) is 0. The minimum Gasteiger partial charge on any atom is -0.493 e. The SMILES string of the molecule is COc1cc(CNCCNCCO)cc(Br)c1OC. The molecule has 0 aliphatic rings. The van der Waals surface area contributed by atoms with Gasteiger partial charge < -0.3 is 25.2 Å². The fourth-order valence-corrected chi connectivity index (χ4v) is 2.34. The minimum atomic E-state index is 0.169. The summed E-state index contributed by atoms with van der Waals surface area (Å²) in [6.07, 6.45) is 0. The maximum atomic E-state index is 8.62. The zero-order valence-corrected chi connectivity index (χ0v) is 12.9. The van der Waals surface area contributed by atoms with Crippen LogP contribution in [0.2, 0.25) is 0 Å². The molecule has 1 aromatic rings. The van der Waals surface area contributed by atoms with E-state index in [1.54, 1.807) is 14.2 Å². The quantitative estimate of drug-likeness (QED) is 0.592. The van der Waals surface area contributed by atoms with Crippen LogP contribution < -0.4 is 20.1 Å². The number of hydrogen-bond acceptors (Lipinski definition) is 5. The first-order valence-electron chi connectivity index (χ1n) is 6.15. The fraction of sp³-hybridized carbons (Fsp3) is 0.538. The second kappa shape index (κ2) is 9.14. The van der Waals surface area contributed by atoms with Crippen molar-refractivity contribution in [2.24, 2.45) is 0 Å². The maximum absolute atomic E-state index is 8.62. The van der Waals surface area contributed by atoms with Crippen LogP contribution in [-0.2, 0) is 6.54 Å². The molecule has 0 unspecified atom stereocenters. The van der Waals surface area contributed by atoms with Crippen molar-refractivity contribution in [3.8, 4) is 11.5 Å². The summed E-state index contributed by atoms with van der Waals surface area (Å²) in [6, 6.07) is 3.97. The van der Waals surface area contributed by atoms with E-state index in [4.69, 9.17) is 14.6 Å². The predicted octanol–water partition coefficient (Wildman–Crippen LogP) is 1.14. The molecule has 0 saturated heterocycles. The van der Waals surface area contributed by atoms with E-state index in [0.717, 1.165) is 29.7 Å². The summed E-state index contributed by atoms with van der Waals surface area (Å²) < 4.78 is 11.4. The highest BCUT2D eigenvalue weighted by molar-refractivity contribution is 9.10. The number of hydrogen-bond donors (Lipinski definition) is 3. The Bertz CT molecular complexity index is 388. The summed E-state index contributed by atoms with van der Waals surface area (Å²) in [6.45, 7) is 3.22. The van der Waals surface area contributed by atoms with Crippen LogP contribution in [0.5, 0.6) is 11.5 Å². The largest absolute Gasteiger partial charge is 0.493 e. The molecule has 0 aromatic heterocycles. The molecule has 5 nitrogen and oxygen atoms in total. The zero-order valence-electron chi connectivity index (χ0n) is 11.3. The van der Waals surface area contributed by atoms with Gasteiger partial charge >= 0.3 is 0 Å². The molecule has 1 aromatic carbocycles. The fourth-order valence-electron chi connectivity index (χ4n) is 1.69. The van der Waals surface area contributed by atoms with Crippen LogP contribution in [0.1, 0.15) is 5.56 Å². The molecule has 0 heterocycles. The van der Waals surface area contributed by atoms with E-state index in [0.29, 0.717) is 18.0 Å². The standard InChI is InChI=1S/C13H21BrN2O3/c1-18-12-8-10(7-11(14)13(12)19-2)9-16-4-3-15-5-6-17/h7-8,15-17H,3-6,9H2,1-2H3. The molecule has 1 rings (SSSR count). The monoisotopic (exact) mass is 332 g/mol. The van der Waals surface area contributed by atoms with Gasteiger partial charge in [-0.25, -0.2) is 0 Å². The lowest BCUT2D eigenvalue weighted by atomic mass is 10.2. The van der Waals surface area contributed by atoms with Gasteiger partial charge in [-0.1, -0.05) is 0 Å². The highest BCUT2D eigenvalue weighted by Crippen LogP contribution is 2.36. The Balaban J connectivity index is 2.48. The van der Waals surface area contributed by atoms with E-state index in [9.17, 15) is 0 Å². The van der Waals surface area contributed by atoms with Crippen LogP contribution in [0, 0.1) is 0 Å². The number of aliphatic hydroxyl groups excluding tert-OH is 1. The van der Waals surface area contributed by atoms with E-state index in [2.05, 4.69) is 26.6 Å². The van der Waals surface area contributed by atoms with Gasteiger partial charge in [0.15, 0.2) is 11.5 Å². The summed E-state index contributed by atoms with van der Waals surface area (Å²) in [5.41, 5.74) is 1.12. The van der Waals surface area contributed by atoms with E-state index in [1.165, 1.54) is 0 Å². The number of benzene rings is 1. The summed E-state index contributed by atoms with van der Waals surface area (Å²) in [5.74, 6) is 1.42. The van der Waals surface area contributed by atoms with E-state index >= 15 is 0 Å². The van der Waals surface area contributed by atoms with Crippen molar-refractivity contribution in [1.29, 1.82) is 0 Å². The van der Waals surface area contributed by atoms with Gasteiger partial charge in [0.1, 0.15) is 0 Å². The Hall–Kier alpha value is -0.820. The molecule has 0 fully saturated rings. The first kappa shape index (κ1) is 16.2. The molecule has 3 N–H and O–H groups in total. The number of halogens is 1. The van der Waals surface area contributed by atoms with Gasteiger partial charge in [0.05, 0.1) is 25.3 Å². The third kappa shape index (κ3) is 5.36. The number of methoxy groups -OCH3 is 2. The summed E-state index contributed by atoms with van der Waals surface area (Å²) >= 11 is 3.47. The third-order valence-electron chi connectivity index (χ3n) is 2.59. The van der Waals surface area contributed by atoms with Gasteiger partial charge in [0.25, 0.3) is 0 Å². The lowest BCUT2D eigenvalue weighted by Crippen LogP contribution is -2.28. The van der Waals surface area contributed by atoms with Crippen molar-refractivity contribution in [3.63, 3.8) is 0 Å². The van der Waals surface area contributed by atoms with Crippen molar-refractivity contribution >= 4 is 15.9 Å². The van der Waals surface area contributed by atoms with Gasteiger partial charge in [-0.15, -0.1) is 0 Å². The highest BCUT2D eigenvalue weighted by Gasteiger charge is 2.10. The second-order valence-electron chi connectivity index (χ2n) is 3.96. The Morgan fingerprint density at radius 1 is 1.11 bits per heavy atom. The molecule has 108 valence electrons.